The Hall–Kier alpha value is -3.93. The second-order valence-electron chi connectivity index (χ2n) is 8.22. The third-order valence-corrected chi connectivity index (χ3v) is 6.00. The molecule has 170 valence electrons. The zero-order valence-electron chi connectivity index (χ0n) is 19.1. The summed E-state index contributed by atoms with van der Waals surface area (Å²) in [5.41, 5.74) is 5.10. The van der Waals surface area contributed by atoms with Gasteiger partial charge in [0.05, 0.1) is 17.9 Å². The molecule has 2 atom stereocenters. The maximum Gasteiger partial charge on any atom is 0.265 e. The van der Waals surface area contributed by atoms with Crippen LogP contribution < -0.4 is 15.4 Å². The minimum absolute atomic E-state index is 0.0852. The predicted octanol–water partition coefficient (Wildman–Crippen LogP) is 3.14. The first-order valence-electron chi connectivity index (χ1n) is 11.0. The second kappa shape index (κ2) is 8.90. The average molecular weight is 447 g/mol. The Morgan fingerprint density at radius 3 is 2.91 bits per heavy atom. The summed E-state index contributed by atoms with van der Waals surface area (Å²) in [6, 6.07) is 7.40. The van der Waals surface area contributed by atoms with Gasteiger partial charge in [0.15, 0.2) is 11.8 Å². The number of rotatable bonds is 6. The molecular formula is C24H26N6O3. The maximum absolute atomic E-state index is 12.7. The van der Waals surface area contributed by atoms with Crippen LogP contribution in [0.4, 0.5) is 5.69 Å². The van der Waals surface area contributed by atoms with E-state index in [1.165, 1.54) is 6.20 Å². The van der Waals surface area contributed by atoms with E-state index in [0.717, 1.165) is 22.5 Å². The second-order valence-corrected chi connectivity index (χ2v) is 8.22. The molecule has 2 aromatic heterocycles. The Bertz CT molecular complexity index is 1290. The van der Waals surface area contributed by atoms with Crippen LogP contribution in [0.1, 0.15) is 60.8 Å². The lowest BCUT2D eigenvalue weighted by Gasteiger charge is -2.26. The Morgan fingerprint density at radius 1 is 1.39 bits per heavy atom. The summed E-state index contributed by atoms with van der Waals surface area (Å²) < 4.78 is 7.46. The van der Waals surface area contributed by atoms with Crippen LogP contribution in [-0.2, 0) is 16.0 Å². The number of amides is 2. The highest BCUT2D eigenvalue weighted by molar-refractivity contribution is 5.97. The lowest BCUT2D eigenvalue weighted by Crippen LogP contribution is -2.36. The third kappa shape index (κ3) is 4.24. The van der Waals surface area contributed by atoms with Crippen LogP contribution >= 0.6 is 0 Å². The zero-order chi connectivity index (χ0) is 23.7. The first-order chi connectivity index (χ1) is 15.8. The van der Waals surface area contributed by atoms with Crippen molar-refractivity contribution < 1.29 is 14.3 Å². The van der Waals surface area contributed by atoms with Crippen molar-refractivity contribution in [2.45, 2.75) is 59.1 Å². The van der Waals surface area contributed by atoms with Gasteiger partial charge in [-0.2, -0.15) is 10.4 Å². The molecule has 0 unspecified atom stereocenters. The molecule has 0 saturated carbocycles. The van der Waals surface area contributed by atoms with Crippen LogP contribution in [0.3, 0.4) is 0 Å². The van der Waals surface area contributed by atoms with Crippen LogP contribution in [0.5, 0.6) is 5.75 Å². The fraction of sp³-hybridized carbons (Fsp3) is 0.375. The van der Waals surface area contributed by atoms with E-state index < -0.39 is 6.10 Å². The van der Waals surface area contributed by atoms with Gasteiger partial charge in [0, 0.05) is 17.8 Å². The molecule has 9 heteroatoms. The van der Waals surface area contributed by atoms with Gasteiger partial charge in [-0.25, -0.2) is 9.50 Å². The molecule has 9 nitrogen and oxygen atoms in total. The number of carbonyl (C=O) groups excluding carboxylic acids is 2. The summed E-state index contributed by atoms with van der Waals surface area (Å²) in [5.74, 6) is 0.385. The molecule has 2 amide bonds. The molecule has 0 radical (unpaired) electrons. The van der Waals surface area contributed by atoms with Crippen molar-refractivity contribution in [3.63, 3.8) is 0 Å². The molecule has 0 saturated heterocycles. The van der Waals surface area contributed by atoms with E-state index in [9.17, 15) is 14.9 Å². The lowest BCUT2D eigenvalue weighted by molar-refractivity contribution is -0.123. The van der Waals surface area contributed by atoms with Crippen LogP contribution in [0.2, 0.25) is 0 Å². The normalized spacial score (nSPS) is 15.8. The number of hydrogen-bond acceptors (Lipinski definition) is 6. The van der Waals surface area contributed by atoms with E-state index in [0.29, 0.717) is 41.9 Å². The topological polar surface area (TPSA) is 121 Å². The van der Waals surface area contributed by atoms with Crippen LogP contribution in [-0.4, -0.2) is 32.5 Å². The van der Waals surface area contributed by atoms with Gasteiger partial charge in [-0.15, -0.1) is 0 Å². The summed E-state index contributed by atoms with van der Waals surface area (Å²) >= 11 is 0. The smallest absolute Gasteiger partial charge is 0.265 e. The van der Waals surface area contributed by atoms with Crippen LogP contribution in [0.25, 0.3) is 5.65 Å². The number of hydrogen-bond donors (Lipinski definition) is 2. The highest BCUT2D eigenvalue weighted by Crippen LogP contribution is 2.33. The SMILES string of the molecule is CC[C@H]1Oc2cc([C@H](C)NC(=O)CCc3c(C)nc4c(C#N)cnn4c3C)ccc2NC1=O. The van der Waals surface area contributed by atoms with E-state index >= 15 is 0 Å². The van der Waals surface area contributed by atoms with Crippen molar-refractivity contribution >= 4 is 23.1 Å². The minimum Gasteiger partial charge on any atom is -0.478 e. The van der Waals surface area contributed by atoms with E-state index in [1.54, 1.807) is 10.6 Å². The molecule has 0 fully saturated rings. The van der Waals surface area contributed by atoms with Crippen LogP contribution in [0, 0.1) is 25.2 Å². The molecule has 1 aliphatic rings. The first kappa shape index (κ1) is 22.3. The van der Waals surface area contributed by atoms with Crippen LogP contribution in [0.15, 0.2) is 24.4 Å². The minimum atomic E-state index is -0.505. The van der Waals surface area contributed by atoms with Gasteiger partial charge in [-0.3, -0.25) is 9.59 Å². The molecule has 4 rings (SSSR count). The van der Waals surface area contributed by atoms with Crippen molar-refractivity contribution in [1.29, 1.82) is 5.26 Å². The van der Waals surface area contributed by atoms with Crippen molar-refractivity contribution in [1.82, 2.24) is 19.9 Å². The number of aromatic nitrogens is 3. The highest BCUT2D eigenvalue weighted by Gasteiger charge is 2.26. The van der Waals surface area contributed by atoms with E-state index in [4.69, 9.17) is 4.74 Å². The fourth-order valence-electron chi connectivity index (χ4n) is 4.08. The number of nitriles is 1. The number of nitrogens with one attached hydrogen (secondary N) is 2. The molecule has 1 aliphatic heterocycles. The van der Waals surface area contributed by atoms with Crippen molar-refractivity contribution in [3.8, 4) is 11.8 Å². The van der Waals surface area contributed by atoms with E-state index in [1.807, 2.05) is 39.8 Å². The number of fused-ring (bicyclic) bond motifs is 2. The van der Waals surface area contributed by atoms with E-state index in [-0.39, 0.29) is 17.9 Å². The largest absolute Gasteiger partial charge is 0.478 e. The highest BCUT2D eigenvalue weighted by atomic mass is 16.5. The quantitative estimate of drug-likeness (QED) is 0.600. The number of nitrogens with zero attached hydrogens (tertiary/aromatic N) is 4. The van der Waals surface area contributed by atoms with Gasteiger partial charge in [-0.1, -0.05) is 13.0 Å². The number of carbonyl (C=O) groups is 2. The first-order valence-corrected chi connectivity index (χ1v) is 11.0. The summed E-state index contributed by atoms with van der Waals surface area (Å²) in [5, 5.41) is 19.3. The van der Waals surface area contributed by atoms with Gasteiger partial charge in [0.25, 0.3) is 5.91 Å². The van der Waals surface area contributed by atoms with Gasteiger partial charge in [-0.05, 0) is 56.9 Å². The van der Waals surface area contributed by atoms with Gasteiger partial charge < -0.3 is 15.4 Å². The monoisotopic (exact) mass is 446 g/mol. The molecule has 0 aliphatic carbocycles. The molecule has 2 N–H and O–H groups in total. The van der Waals surface area contributed by atoms with Gasteiger partial charge >= 0.3 is 0 Å². The Morgan fingerprint density at radius 2 is 2.18 bits per heavy atom. The van der Waals surface area contributed by atoms with Gasteiger partial charge in [0.1, 0.15) is 17.4 Å². The van der Waals surface area contributed by atoms with Crippen molar-refractivity contribution in [3.05, 3.63) is 52.5 Å². The van der Waals surface area contributed by atoms with E-state index in [2.05, 4.69) is 26.8 Å². The Balaban J connectivity index is 1.43. The van der Waals surface area contributed by atoms with Crippen molar-refractivity contribution in [2.75, 3.05) is 5.32 Å². The summed E-state index contributed by atoms with van der Waals surface area (Å²) in [4.78, 5) is 29.2. The average Bonchev–Trinajstić information content (AvgIpc) is 3.21. The van der Waals surface area contributed by atoms with Crippen molar-refractivity contribution in [2.24, 2.45) is 0 Å². The number of ether oxygens (including phenoxy) is 1. The lowest BCUT2D eigenvalue weighted by atomic mass is 10.0. The molecule has 3 heterocycles. The summed E-state index contributed by atoms with van der Waals surface area (Å²) in [6.45, 7) is 7.61. The summed E-state index contributed by atoms with van der Waals surface area (Å²) in [6.07, 6.45) is 2.38. The predicted molar refractivity (Wildman–Crippen MR) is 122 cm³/mol. The maximum atomic E-state index is 12.7. The molecule has 3 aromatic rings. The number of anilines is 1. The molecule has 1 aromatic carbocycles. The molecule has 0 bridgehead atoms. The standard InChI is InChI=1S/C24H26N6O3/c1-5-20-24(32)29-19-8-6-16(10-21(19)33-20)13(2)27-22(31)9-7-18-14(3)28-23-17(11-25)12-26-30(23)15(18)4/h6,8,10,12-13,20H,5,7,9H2,1-4H3,(H,27,31)(H,29,32)/t13-,20+/m0/s1. The molecular weight excluding hydrogens is 420 g/mol. The Kier molecular flexibility index (Phi) is 6.01. The molecule has 0 spiro atoms. The molecule has 33 heavy (non-hydrogen) atoms. The Labute approximate surface area is 191 Å². The third-order valence-electron chi connectivity index (χ3n) is 6.00. The van der Waals surface area contributed by atoms with Gasteiger partial charge in [0.2, 0.25) is 5.91 Å². The summed E-state index contributed by atoms with van der Waals surface area (Å²) in [7, 11) is 0. The number of aryl methyl sites for hydroxylation is 2. The number of benzene rings is 1. The fourth-order valence-corrected chi connectivity index (χ4v) is 4.08. The zero-order valence-corrected chi connectivity index (χ0v) is 19.1.